The Hall–Kier alpha value is -0.160. The van der Waals surface area contributed by atoms with E-state index in [4.69, 9.17) is 9.47 Å². The molecule has 0 aromatic heterocycles. The van der Waals surface area contributed by atoms with Crippen molar-refractivity contribution in [3.63, 3.8) is 0 Å². The second kappa shape index (κ2) is 6.14. The Morgan fingerprint density at radius 3 is 2.94 bits per heavy atom. The molecule has 2 saturated heterocycles. The van der Waals surface area contributed by atoms with Crippen LogP contribution in [0, 0.1) is 5.41 Å². The third kappa shape index (κ3) is 3.41. The lowest BCUT2D eigenvalue weighted by molar-refractivity contribution is -0.0430. The minimum atomic E-state index is 0.324. The van der Waals surface area contributed by atoms with E-state index in [1.54, 1.807) is 0 Å². The lowest BCUT2D eigenvalue weighted by atomic mass is 9.86. The molecule has 0 spiro atoms. The summed E-state index contributed by atoms with van der Waals surface area (Å²) in [6.45, 7) is 9.27. The fraction of sp³-hybridized carbons (Fsp3) is 1.00. The average molecular weight is 242 g/mol. The van der Waals surface area contributed by atoms with Crippen molar-refractivity contribution in [3.8, 4) is 0 Å². The zero-order chi connectivity index (χ0) is 12.1. The second-order valence-corrected chi connectivity index (χ2v) is 5.47. The highest BCUT2D eigenvalue weighted by Crippen LogP contribution is 2.29. The van der Waals surface area contributed by atoms with Crippen molar-refractivity contribution in [2.75, 3.05) is 53.0 Å². The van der Waals surface area contributed by atoms with E-state index in [1.807, 2.05) is 7.05 Å². The van der Waals surface area contributed by atoms with E-state index in [0.29, 0.717) is 11.5 Å². The molecule has 2 atom stereocenters. The number of ether oxygens (including phenoxy) is 2. The molecular weight excluding hydrogens is 216 g/mol. The molecule has 4 heteroatoms. The smallest absolute Gasteiger partial charge is 0.0700 e. The van der Waals surface area contributed by atoms with Crippen LogP contribution < -0.4 is 5.32 Å². The SMILES string of the molecule is CCC1CN(CC2(CNC)CCOC2)CCO1. The quantitative estimate of drug-likeness (QED) is 0.770. The van der Waals surface area contributed by atoms with Gasteiger partial charge < -0.3 is 14.8 Å². The highest BCUT2D eigenvalue weighted by atomic mass is 16.5. The van der Waals surface area contributed by atoms with Crippen LogP contribution in [-0.4, -0.2) is 64.1 Å². The van der Waals surface area contributed by atoms with Crippen LogP contribution in [0.15, 0.2) is 0 Å². The Morgan fingerprint density at radius 2 is 2.29 bits per heavy atom. The fourth-order valence-corrected chi connectivity index (χ4v) is 2.99. The Labute approximate surface area is 105 Å². The van der Waals surface area contributed by atoms with E-state index in [9.17, 15) is 0 Å². The monoisotopic (exact) mass is 242 g/mol. The van der Waals surface area contributed by atoms with Gasteiger partial charge in [0.15, 0.2) is 0 Å². The molecular formula is C13H26N2O2. The van der Waals surface area contributed by atoms with Crippen molar-refractivity contribution in [3.05, 3.63) is 0 Å². The van der Waals surface area contributed by atoms with Gasteiger partial charge in [-0.2, -0.15) is 0 Å². The lowest BCUT2D eigenvalue weighted by Crippen LogP contribution is -2.50. The summed E-state index contributed by atoms with van der Waals surface area (Å²) in [5.41, 5.74) is 0.324. The Balaban J connectivity index is 1.88. The van der Waals surface area contributed by atoms with Gasteiger partial charge in [-0.3, -0.25) is 4.90 Å². The molecule has 0 aromatic carbocycles. The molecule has 0 radical (unpaired) electrons. The molecule has 0 aromatic rings. The van der Waals surface area contributed by atoms with E-state index in [1.165, 1.54) is 6.42 Å². The van der Waals surface area contributed by atoms with Crippen LogP contribution in [0.4, 0.5) is 0 Å². The first-order valence-electron chi connectivity index (χ1n) is 6.84. The van der Waals surface area contributed by atoms with Gasteiger partial charge in [-0.1, -0.05) is 6.92 Å². The number of morpholine rings is 1. The van der Waals surface area contributed by atoms with Gasteiger partial charge in [-0.05, 0) is 19.9 Å². The molecule has 100 valence electrons. The molecule has 0 amide bonds. The Kier molecular flexibility index (Phi) is 4.79. The molecule has 2 heterocycles. The van der Waals surface area contributed by atoms with Gasteiger partial charge in [0, 0.05) is 38.2 Å². The van der Waals surface area contributed by atoms with Crippen molar-refractivity contribution in [2.24, 2.45) is 5.41 Å². The highest BCUT2D eigenvalue weighted by molar-refractivity contribution is 4.89. The molecule has 1 N–H and O–H groups in total. The van der Waals surface area contributed by atoms with Crippen LogP contribution in [-0.2, 0) is 9.47 Å². The van der Waals surface area contributed by atoms with E-state index in [-0.39, 0.29) is 0 Å². The molecule has 0 aliphatic carbocycles. The summed E-state index contributed by atoms with van der Waals surface area (Å²) in [5.74, 6) is 0. The summed E-state index contributed by atoms with van der Waals surface area (Å²) in [4.78, 5) is 2.56. The lowest BCUT2D eigenvalue weighted by Gasteiger charge is -2.38. The largest absolute Gasteiger partial charge is 0.381 e. The van der Waals surface area contributed by atoms with Crippen LogP contribution in [0.1, 0.15) is 19.8 Å². The minimum absolute atomic E-state index is 0.324. The molecule has 2 unspecified atom stereocenters. The molecule has 0 bridgehead atoms. The normalized spacial score (nSPS) is 35.3. The first-order valence-corrected chi connectivity index (χ1v) is 6.84. The number of nitrogens with zero attached hydrogens (tertiary/aromatic N) is 1. The van der Waals surface area contributed by atoms with E-state index < -0.39 is 0 Å². The van der Waals surface area contributed by atoms with Gasteiger partial charge in [0.1, 0.15) is 0 Å². The summed E-state index contributed by atoms with van der Waals surface area (Å²) in [7, 11) is 2.04. The first-order chi connectivity index (χ1) is 8.28. The molecule has 4 nitrogen and oxygen atoms in total. The van der Waals surface area contributed by atoms with Gasteiger partial charge in [-0.15, -0.1) is 0 Å². The Bertz CT molecular complexity index is 229. The Morgan fingerprint density at radius 1 is 1.41 bits per heavy atom. The number of nitrogens with one attached hydrogen (secondary N) is 1. The summed E-state index contributed by atoms with van der Waals surface area (Å²) in [6.07, 6.45) is 2.73. The maximum atomic E-state index is 5.73. The molecule has 17 heavy (non-hydrogen) atoms. The van der Waals surface area contributed by atoms with Gasteiger partial charge in [-0.25, -0.2) is 0 Å². The molecule has 2 fully saturated rings. The van der Waals surface area contributed by atoms with E-state index in [0.717, 1.165) is 52.4 Å². The number of rotatable bonds is 5. The predicted octanol–water partition coefficient (Wildman–Crippen LogP) is 0.723. The standard InChI is InChI=1S/C13H26N2O2/c1-3-12-8-15(5-7-17-12)10-13(9-14-2)4-6-16-11-13/h12,14H,3-11H2,1-2H3. The van der Waals surface area contributed by atoms with E-state index >= 15 is 0 Å². The summed E-state index contributed by atoms with van der Waals surface area (Å²) in [5, 5.41) is 3.33. The van der Waals surface area contributed by atoms with Crippen LogP contribution in [0.2, 0.25) is 0 Å². The van der Waals surface area contributed by atoms with Crippen molar-refractivity contribution < 1.29 is 9.47 Å². The topological polar surface area (TPSA) is 33.7 Å². The van der Waals surface area contributed by atoms with Crippen molar-refractivity contribution in [2.45, 2.75) is 25.9 Å². The fourth-order valence-electron chi connectivity index (χ4n) is 2.99. The zero-order valence-corrected chi connectivity index (χ0v) is 11.2. The van der Waals surface area contributed by atoms with Crippen LogP contribution in [0.5, 0.6) is 0 Å². The second-order valence-electron chi connectivity index (χ2n) is 5.47. The third-order valence-corrected chi connectivity index (χ3v) is 3.97. The molecule has 2 aliphatic rings. The van der Waals surface area contributed by atoms with E-state index in [2.05, 4.69) is 17.1 Å². The van der Waals surface area contributed by atoms with Crippen molar-refractivity contribution in [1.82, 2.24) is 10.2 Å². The zero-order valence-electron chi connectivity index (χ0n) is 11.2. The molecule has 0 saturated carbocycles. The number of hydrogen-bond donors (Lipinski definition) is 1. The summed E-state index contributed by atoms with van der Waals surface area (Å²) < 4.78 is 11.3. The van der Waals surface area contributed by atoms with Crippen LogP contribution in [0.3, 0.4) is 0 Å². The van der Waals surface area contributed by atoms with Gasteiger partial charge >= 0.3 is 0 Å². The molecule has 2 rings (SSSR count). The third-order valence-electron chi connectivity index (χ3n) is 3.97. The van der Waals surface area contributed by atoms with Crippen molar-refractivity contribution in [1.29, 1.82) is 0 Å². The maximum Gasteiger partial charge on any atom is 0.0700 e. The molecule has 2 aliphatic heterocycles. The van der Waals surface area contributed by atoms with Gasteiger partial charge in [0.2, 0.25) is 0 Å². The number of hydrogen-bond acceptors (Lipinski definition) is 4. The summed E-state index contributed by atoms with van der Waals surface area (Å²) in [6, 6.07) is 0. The van der Waals surface area contributed by atoms with Gasteiger partial charge in [0.25, 0.3) is 0 Å². The van der Waals surface area contributed by atoms with Gasteiger partial charge in [0.05, 0.1) is 19.3 Å². The average Bonchev–Trinajstić information content (AvgIpc) is 2.78. The van der Waals surface area contributed by atoms with Crippen LogP contribution in [0.25, 0.3) is 0 Å². The highest BCUT2D eigenvalue weighted by Gasteiger charge is 2.37. The minimum Gasteiger partial charge on any atom is -0.381 e. The van der Waals surface area contributed by atoms with Crippen LogP contribution >= 0.6 is 0 Å². The summed E-state index contributed by atoms with van der Waals surface area (Å²) >= 11 is 0. The van der Waals surface area contributed by atoms with Crippen molar-refractivity contribution >= 4 is 0 Å². The maximum absolute atomic E-state index is 5.73. The predicted molar refractivity (Wildman–Crippen MR) is 68.3 cm³/mol. The first kappa shape index (κ1) is 13.3.